The van der Waals surface area contributed by atoms with E-state index in [9.17, 15) is 24.3 Å². The van der Waals surface area contributed by atoms with E-state index in [-0.39, 0.29) is 31.1 Å². The predicted octanol–water partition coefficient (Wildman–Crippen LogP) is 2.12. The molecule has 1 fully saturated rings. The Morgan fingerprint density at radius 2 is 1.85 bits per heavy atom. The van der Waals surface area contributed by atoms with Crippen LogP contribution < -0.4 is 16.0 Å². The first-order valence-electron chi connectivity index (χ1n) is 12.3. The van der Waals surface area contributed by atoms with Crippen molar-refractivity contribution >= 4 is 29.2 Å². The Kier molecular flexibility index (Phi) is 7.80. The molecule has 0 spiro atoms. The number of nitrogens with zero attached hydrogens (tertiary/aromatic N) is 2. The van der Waals surface area contributed by atoms with Crippen LogP contribution in [0.3, 0.4) is 0 Å². The molecule has 4 aromatic rings. The molecular formula is C28H24N4O8. The number of hydrogen-bond acceptors (Lipinski definition) is 9. The molecule has 5 rings (SSSR count). The zero-order valence-electron chi connectivity index (χ0n) is 21.0. The predicted molar refractivity (Wildman–Crippen MR) is 141 cm³/mol. The average Bonchev–Trinajstić information content (AvgIpc) is 3.42. The van der Waals surface area contributed by atoms with Gasteiger partial charge in [0.1, 0.15) is 6.61 Å². The third-order valence-electron chi connectivity index (χ3n) is 6.15. The minimum atomic E-state index is -1.80. The summed E-state index contributed by atoms with van der Waals surface area (Å²) < 4.78 is 15.3. The fourth-order valence-electron chi connectivity index (χ4n) is 4.12. The molecule has 0 saturated carbocycles. The summed E-state index contributed by atoms with van der Waals surface area (Å²) in [6, 6.07) is 21.8. The summed E-state index contributed by atoms with van der Waals surface area (Å²) in [5.74, 6) is -2.51. The molecule has 12 nitrogen and oxygen atoms in total. The number of aliphatic hydroxyl groups excluding tert-OH is 1. The van der Waals surface area contributed by atoms with E-state index < -0.39 is 35.7 Å². The summed E-state index contributed by atoms with van der Waals surface area (Å²) in [5.41, 5.74) is 2.37. The number of aliphatic hydroxyl groups is 1. The van der Waals surface area contributed by atoms with Crippen LogP contribution in [0.4, 0.5) is 11.4 Å². The number of carbonyl (C=O) groups is 3. The number of H-pyrrole nitrogens is 1. The van der Waals surface area contributed by atoms with E-state index in [2.05, 4.69) is 20.0 Å². The van der Waals surface area contributed by atoms with Crippen molar-refractivity contribution in [3.05, 3.63) is 101 Å². The number of aromatic amines is 1. The van der Waals surface area contributed by atoms with Gasteiger partial charge in [-0.25, -0.2) is 9.59 Å². The number of amides is 2. The molecular weight excluding hydrogens is 520 g/mol. The van der Waals surface area contributed by atoms with Crippen LogP contribution in [0.5, 0.6) is 0 Å². The molecule has 0 aliphatic carbocycles. The zero-order valence-corrected chi connectivity index (χ0v) is 21.0. The van der Waals surface area contributed by atoms with Crippen molar-refractivity contribution < 1.29 is 33.5 Å². The Balaban J connectivity index is 1.22. The molecule has 1 saturated heterocycles. The molecule has 2 atom stereocenters. The Bertz CT molecular complexity index is 1560. The number of carbonyl (C=O) groups excluding carboxylic acids is 3. The van der Waals surface area contributed by atoms with Gasteiger partial charge in [0.25, 0.3) is 11.8 Å². The minimum Gasteiger partial charge on any atom is -0.457 e. The fraction of sp³-hybridized carbons (Fsp3) is 0.179. The van der Waals surface area contributed by atoms with Crippen molar-refractivity contribution in [2.75, 3.05) is 23.4 Å². The van der Waals surface area contributed by atoms with Gasteiger partial charge in [-0.05, 0) is 48.0 Å². The van der Waals surface area contributed by atoms with Gasteiger partial charge in [-0.1, -0.05) is 41.6 Å². The van der Waals surface area contributed by atoms with Crippen LogP contribution in [-0.2, 0) is 25.7 Å². The maximum Gasteiger partial charge on any atom is 0.439 e. The first-order valence-corrected chi connectivity index (χ1v) is 12.3. The Morgan fingerprint density at radius 1 is 1.07 bits per heavy atom. The van der Waals surface area contributed by atoms with Crippen LogP contribution in [0.2, 0.25) is 0 Å². The van der Waals surface area contributed by atoms with Gasteiger partial charge in [0.2, 0.25) is 0 Å². The second-order valence-corrected chi connectivity index (χ2v) is 8.85. The fourth-order valence-corrected chi connectivity index (χ4v) is 4.12. The zero-order chi connectivity index (χ0) is 28.1. The highest BCUT2D eigenvalue weighted by Gasteiger charge is 2.39. The number of hydrogen-bond donors (Lipinski definition) is 3. The van der Waals surface area contributed by atoms with Gasteiger partial charge in [0.05, 0.1) is 12.2 Å². The Labute approximate surface area is 227 Å². The van der Waals surface area contributed by atoms with Gasteiger partial charge in [0.15, 0.2) is 18.0 Å². The van der Waals surface area contributed by atoms with Gasteiger partial charge in [-0.2, -0.15) is 0 Å². The minimum absolute atomic E-state index is 0.0635. The maximum absolute atomic E-state index is 13.2. The molecule has 0 radical (unpaired) electrons. The van der Waals surface area contributed by atoms with Crippen molar-refractivity contribution in [2.24, 2.45) is 0 Å². The number of anilines is 2. The van der Waals surface area contributed by atoms with Crippen LogP contribution in [0.1, 0.15) is 15.9 Å². The highest BCUT2D eigenvalue weighted by atomic mass is 16.5. The largest absolute Gasteiger partial charge is 0.457 e. The third kappa shape index (κ3) is 5.98. The van der Waals surface area contributed by atoms with E-state index in [1.54, 1.807) is 30.3 Å². The van der Waals surface area contributed by atoms with Crippen LogP contribution in [0.15, 0.2) is 88.2 Å². The lowest BCUT2D eigenvalue weighted by Gasteiger charge is -2.34. The van der Waals surface area contributed by atoms with Crippen LogP contribution >= 0.6 is 0 Å². The van der Waals surface area contributed by atoms with Crippen LogP contribution in [-0.4, -0.2) is 58.4 Å². The quantitative estimate of drug-likeness (QED) is 0.282. The summed E-state index contributed by atoms with van der Waals surface area (Å²) >= 11 is 0. The number of benzene rings is 3. The van der Waals surface area contributed by atoms with Crippen molar-refractivity contribution in [1.29, 1.82) is 0 Å². The van der Waals surface area contributed by atoms with Crippen molar-refractivity contribution in [3.8, 4) is 11.4 Å². The first-order chi connectivity index (χ1) is 19.4. The molecule has 0 unspecified atom stereocenters. The molecule has 3 aromatic carbocycles. The van der Waals surface area contributed by atoms with E-state index in [1.807, 2.05) is 30.3 Å². The molecule has 2 heterocycles. The molecule has 1 aliphatic rings. The maximum atomic E-state index is 13.2. The summed E-state index contributed by atoms with van der Waals surface area (Å²) in [5, 5.41) is 16.8. The summed E-state index contributed by atoms with van der Waals surface area (Å²) in [7, 11) is 0. The normalized spacial score (nSPS) is 15.9. The number of morpholine rings is 1. The molecule has 40 heavy (non-hydrogen) atoms. The second kappa shape index (κ2) is 11.8. The van der Waals surface area contributed by atoms with E-state index in [0.29, 0.717) is 16.9 Å². The van der Waals surface area contributed by atoms with Crippen LogP contribution in [0, 0.1) is 0 Å². The van der Waals surface area contributed by atoms with Gasteiger partial charge in [-0.3, -0.25) is 19.1 Å². The van der Waals surface area contributed by atoms with Gasteiger partial charge in [-0.15, -0.1) is 0 Å². The molecule has 12 heteroatoms. The monoisotopic (exact) mass is 544 g/mol. The molecule has 2 amide bonds. The van der Waals surface area contributed by atoms with Crippen LogP contribution in [0.25, 0.3) is 11.4 Å². The van der Waals surface area contributed by atoms with Crippen molar-refractivity contribution in [2.45, 2.75) is 18.8 Å². The highest BCUT2D eigenvalue weighted by Crippen LogP contribution is 2.23. The number of nitrogens with one attached hydrogen (secondary N) is 2. The molecule has 1 aromatic heterocycles. The summed E-state index contributed by atoms with van der Waals surface area (Å²) in [6.45, 7) is 0.331. The topological polar surface area (TPSA) is 164 Å². The lowest BCUT2D eigenvalue weighted by molar-refractivity contribution is -0.150. The number of esters is 1. The van der Waals surface area contributed by atoms with Gasteiger partial charge in [0, 0.05) is 23.5 Å². The van der Waals surface area contributed by atoms with E-state index in [4.69, 9.17) is 9.47 Å². The molecule has 1 aliphatic heterocycles. The molecule has 204 valence electrons. The lowest BCUT2D eigenvalue weighted by Crippen LogP contribution is -2.55. The van der Waals surface area contributed by atoms with E-state index >= 15 is 0 Å². The smallest absolute Gasteiger partial charge is 0.439 e. The lowest BCUT2D eigenvalue weighted by atomic mass is 10.1. The number of aromatic nitrogens is 2. The second-order valence-electron chi connectivity index (χ2n) is 8.85. The van der Waals surface area contributed by atoms with Gasteiger partial charge >= 0.3 is 11.7 Å². The van der Waals surface area contributed by atoms with Gasteiger partial charge < -0.3 is 24.8 Å². The average molecular weight is 545 g/mol. The Morgan fingerprint density at radius 3 is 2.58 bits per heavy atom. The summed E-state index contributed by atoms with van der Waals surface area (Å²) in [6.07, 6.45) is -3.26. The standard InChI is InChI=1S/C28H24N4O8/c33-22(25(34)29-20-11-9-18(10-12-20)24-30-28(37)40-31-24)23-26(35)32(13-14-38-23)21-8-4-7-19(15-21)27(36)39-16-17-5-2-1-3-6-17/h1-12,15,22-23,33H,13-14,16H2,(H,29,34)(H,30,31,37)/t22-,23-/m1/s1. The molecule has 3 N–H and O–H groups in total. The molecule has 0 bridgehead atoms. The summed E-state index contributed by atoms with van der Waals surface area (Å²) in [4.78, 5) is 53.5. The van der Waals surface area contributed by atoms with E-state index in [1.165, 1.54) is 23.1 Å². The highest BCUT2D eigenvalue weighted by molar-refractivity contribution is 6.04. The number of rotatable bonds is 8. The number of ether oxygens (including phenoxy) is 2. The third-order valence-corrected chi connectivity index (χ3v) is 6.15. The van der Waals surface area contributed by atoms with Crippen molar-refractivity contribution in [1.82, 2.24) is 10.1 Å². The first kappa shape index (κ1) is 26.5. The SMILES string of the molecule is O=C(OCc1ccccc1)c1cccc(N2CCO[C@H]([C@@H](O)C(=O)Nc3ccc(-c4noc(=O)[nH]4)cc3)C2=O)c1. The Hall–Kier alpha value is -5.07. The van der Waals surface area contributed by atoms with Crippen molar-refractivity contribution in [3.63, 3.8) is 0 Å². The van der Waals surface area contributed by atoms with E-state index in [0.717, 1.165) is 5.56 Å².